The quantitative estimate of drug-likeness (QED) is 0.0998. The van der Waals surface area contributed by atoms with Gasteiger partial charge >= 0.3 is 35.4 Å². The van der Waals surface area contributed by atoms with Crippen LogP contribution in [0.1, 0.15) is 52.5 Å². The first-order valence-electron chi connectivity index (χ1n) is 14.3. The van der Waals surface area contributed by atoms with Crippen LogP contribution in [0.5, 0.6) is 5.75 Å². The normalized spacial score (nSPS) is 13.9. The number of carbonyl (C=O) groups excluding carboxylic acids is 6. The Kier molecular flexibility index (Phi) is 14.7. The average molecular weight is 682 g/mol. The van der Waals surface area contributed by atoms with Crippen LogP contribution in [-0.2, 0) is 35.2 Å². The van der Waals surface area contributed by atoms with E-state index in [4.69, 9.17) is 5.73 Å². The molecule has 1 aromatic rings. The van der Waals surface area contributed by atoms with Crippen LogP contribution < -0.4 is 5.73 Å². The zero-order valence-electron chi connectivity index (χ0n) is 26.9. The van der Waals surface area contributed by atoms with E-state index in [1.54, 1.807) is 0 Å². The summed E-state index contributed by atoms with van der Waals surface area (Å²) in [4.78, 5) is 123. The topological polar surface area (TPSA) is 276 Å². The Labute approximate surface area is 273 Å². The van der Waals surface area contributed by atoms with E-state index in [9.17, 15) is 63.9 Å². The van der Waals surface area contributed by atoms with Gasteiger partial charge in [0.05, 0.1) is 37.6 Å². The Morgan fingerprint density at radius 1 is 0.750 bits per heavy atom. The van der Waals surface area contributed by atoms with Crippen LogP contribution in [0.15, 0.2) is 36.5 Å². The number of nitrogens with two attached hydrogens (primary N) is 1. The van der Waals surface area contributed by atoms with Crippen molar-refractivity contribution in [2.75, 3.05) is 7.05 Å². The molecule has 20 nitrogen and oxygen atoms in total. The summed E-state index contributed by atoms with van der Waals surface area (Å²) in [5, 5.41) is 29.5. The van der Waals surface area contributed by atoms with E-state index in [0.717, 1.165) is 34.7 Å². The van der Waals surface area contributed by atoms with Gasteiger partial charge in [0, 0.05) is 39.9 Å². The van der Waals surface area contributed by atoms with Crippen LogP contribution in [-0.4, -0.2) is 117 Å². The van der Waals surface area contributed by atoms with Crippen molar-refractivity contribution in [3.8, 4) is 5.75 Å². The third-order valence-electron chi connectivity index (χ3n) is 7.21. The fraction of sp³-hybridized carbons (Fsp3) is 0.500. The van der Waals surface area contributed by atoms with Gasteiger partial charge in [-0.3, -0.25) is 20.0 Å². The summed E-state index contributed by atoms with van der Waals surface area (Å²) in [6.45, 7) is 7.01. The molecule has 260 valence electrons. The molecule has 48 heavy (non-hydrogen) atoms. The number of phenolic OH excluding ortho intramolecular Hbond substituents is 1. The number of benzene rings is 1. The number of carbonyl (C=O) groups is 6. The van der Waals surface area contributed by atoms with E-state index in [1.807, 2.05) is 0 Å². The highest BCUT2D eigenvalue weighted by molar-refractivity contribution is 5.88. The van der Waals surface area contributed by atoms with Crippen molar-refractivity contribution in [1.82, 2.24) is 10.1 Å². The molecule has 0 heterocycles. The standard InChI is InChI=1S/C28H38N7O13/c1-15(29)22(14-20-10-12-21(36)13-11-20)35(48)28(42)19(5)34(47)27(41)18(4)33(46)26(40)17(3)32(45)25(39)16(2)31(44)24(38)9-7-8-23(37)30(6)43/h10-13,16-19,22,45,47H,1,7-9,14,29H2,2-6H3/q+3/p+1/t16-,17?,18?,19?,22?/m1/s1. The van der Waals surface area contributed by atoms with Gasteiger partial charge in [0.15, 0.2) is 19.1 Å². The maximum Gasteiger partial charge on any atom is 0.458 e. The van der Waals surface area contributed by atoms with Crippen LogP contribution in [0.25, 0.3) is 0 Å². The van der Waals surface area contributed by atoms with Crippen LogP contribution in [0.4, 0.5) is 0 Å². The van der Waals surface area contributed by atoms with Gasteiger partial charge in [-0.15, -0.1) is 0 Å². The minimum atomic E-state index is -2.08. The molecule has 6 amide bonds. The van der Waals surface area contributed by atoms with Gasteiger partial charge in [0.2, 0.25) is 0 Å². The molecule has 0 aliphatic heterocycles. The minimum Gasteiger partial charge on any atom is -0.508 e. The SMILES string of the molecule is C=C(N)C(Cc1ccc(O)cc1)[N+](=O)C(=O)C(C)N(O)C(=O)C(C)[N+](=O)C(=O)C(C)N(O)C(=O)[C@@H](C)[N+](=O)C(=O)CCCC(=O)[N+](C)=O. The molecular weight excluding hydrogens is 642 g/mol. The fourth-order valence-electron chi connectivity index (χ4n) is 3.98. The average Bonchev–Trinajstić information content (AvgIpc) is 3.06. The van der Waals surface area contributed by atoms with E-state index < -0.39 is 76.8 Å². The first-order valence-corrected chi connectivity index (χ1v) is 14.3. The van der Waals surface area contributed by atoms with Crippen molar-refractivity contribution in [3.05, 3.63) is 61.7 Å². The highest BCUT2D eigenvalue weighted by Gasteiger charge is 2.49. The van der Waals surface area contributed by atoms with Crippen LogP contribution in [0.2, 0.25) is 0 Å². The second kappa shape index (κ2) is 17.4. The molecule has 0 aliphatic carbocycles. The molecule has 0 bridgehead atoms. The molecule has 0 spiro atoms. The maximum absolute atomic E-state index is 12.9. The molecular formula is C28H39N7O13+4. The molecule has 5 N–H and O–H groups in total. The molecule has 4 unspecified atom stereocenters. The largest absolute Gasteiger partial charge is 0.508 e. The maximum atomic E-state index is 12.9. The van der Waals surface area contributed by atoms with Crippen molar-refractivity contribution < 1.29 is 63.3 Å². The van der Waals surface area contributed by atoms with Gasteiger partial charge in [0.25, 0.3) is 18.1 Å². The first-order chi connectivity index (χ1) is 22.1. The van der Waals surface area contributed by atoms with E-state index in [2.05, 4.69) is 6.58 Å². The summed E-state index contributed by atoms with van der Waals surface area (Å²) in [6.07, 6.45) is -1.23. The Morgan fingerprint density at radius 2 is 1.17 bits per heavy atom. The number of aromatic hydroxyl groups is 1. The van der Waals surface area contributed by atoms with E-state index in [0.29, 0.717) is 5.56 Å². The number of hydrogen-bond donors (Lipinski definition) is 4. The molecule has 0 aliphatic rings. The van der Waals surface area contributed by atoms with Gasteiger partial charge in [-0.1, -0.05) is 18.7 Å². The second-order valence-corrected chi connectivity index (χ2v) is 10.8. The summed E-state index contributed by atoms with van der Waals surface area (Å²) in [7, 11) is 0.949. The Bertz CT molecular complexity index is 1530. The number of rotatable bonds is 16. The third kappa shape index (κ3) is 10.3. The molecule has 0 aromatic heterocycles. The number of amides is 6. The Morgan fingerprint density at radius 3 is 1.60 bits per heavy atom. The molecule has 0 radical (unpaired) electrons. The lowest BCUT2D eigenvalue weighted by atomic mass is 10.0. The summed E-state index contributed by atoms with van der Waals surface area (Å²) in [5.74, 6) is -8.12. The lowest BCUT2D eigenvalue weighted by Gasteiger charge is -2.20. The van der Waals surface area contributed by atoms with E-state index in [-0.39, 0.29) is 55.1 Å². The van der Waals surface area contributed by atoms with Crippen molar-refractivity contribution in [2.45, 2.75) is 83.6 Å². The van der Waals surface area contributed by atoms with Gasteiger partial charge < -0.3 is 10.8 Å². The molecule has 0 saturated heterocycles. The monoisotopic (exact) mass is 681 g/mol. The number of nitroso groups, excluding NO2 is 4. The van der Waals surface area contributed by atoms with Gasteiger partial charge in [-0.2, -0.15) is 0 Å². The van der Waals surface area contributed by atoms with Crippen molar-refractivity contribution in [2.24, 2.45) is 5.73 Å². The third-order valence-corrected chi connectivity index (χ3v) is 7.21. The van der Waals surface area contributed by atoms with E-state index in [1.165, 1.54) is 24.3 Å². The zero-order valence-corrected chi connectivity index (χ0v) is 26.9. The predicted molar refractivity (Wildman–Crippen MR) is 158 cm³/mol. The van der Waals surface area contributed by atoms with Crippen molar-refractivity contribution in [1.29, 1.82) is 0 Å². The Balaban J connectivity index is 2.91. The number of hydroxylamine groups is 4. The molecule has 0 fully saturated rings. The lowest BCUT2D eigenvalue weighted by Crippen LogP contribution is -2.55. The molecule has 1 aromatic carbocycles. The summed E-state index contributed by atoms with van der Waals surface area (Å²) >= 11 is 0. The first kappa shape index (κ1) is 40.5. The molecule has 0 saturated carbocycles. The number of hydrogen-bond acceptors (Lipinski definition) is 14. The Hall–Kier alpha value is -5.50. The molecule has 5 atom stereocenters. The van der Waals surface area contributed by atoms with Crippen LogP contribution >= 0.6 is 0 Å². The highest BCUT2D eigenvalue weighted by atomic mass is 16.5. The summed E-state index contributed by atoms with van der Waals surface area (Å²) in [5.41, 5.74) is 5.93. The van der Waals surface area contributed by atoms with E-state index >= 15 is 0 Å². The number of phenols is 1. The minimum absolute atomic E-state index is 0.0390. The lowest BCUT2D eigenvalue weighted by molar-refractivity contribution is -0.505. The van der Waals surface area contributed by atoms with Crippen LogP contribution in [0.3, 0.4) is 0 Å². The van der Waals surface area contributed by atoms with Crippen molar-refractivity contribution >= 4 is 35.4 Å². The fourth-order valence-corrected chi connectivity index (χ4v) is 3.98. The van der Waals surface area contributed by atoms with Crippen molar-refractivity contribution in [3.63, 3.8) is 0 Å². The summed E-state index contributed by atoms with van der Waals surface area (Å²) < 4.78 is -0.944. The predicted octanol–water partition coefficient (Wildman–Crippen LogP) is -0.213. The molecule has 1 rings (SSSR count). The summed E-state index contributed by atoms with van der Waals surface area (Å²) in [6, 6.07) is -3.71. The van der Waals surface area contributed by atoms with Gasteiger partial charge in [-0.25, -0.2) is 29.3 Å². The second-order valence-electron chi connectivity index (χ2n) is 10.8. The highest BCUT2D eigenvalue weighted by Crippen LogP contribution is 2.16. The van der Waals surface area contributed by atoms with Gasteiger partial charge in [0.1, 0.15) is 5.75 Å². The smallest absolute Gasteiger partial charge is 0.458 e. The number of nitrogens with zero attached hydrogens (tertiary/aromatic N) is 6. The molecule has 20 heteroatoms. The van der Waals surface area contributed by atoms with Gasteiger partial charge in [-0.05, 0) is 38.0 Å². The van der Waals surface area contributed by atoms with Crippen LogP contribution in [0, 0.1) is 19.6 Å². The zero-order chi connectivity index (χ0) is 37.2.